The minimum absolute atomic E-state index is 0.0609. The molecule has 0 amide bonds. The Labute approximate surface area is 109 Å². The maximum atomic E-state index is 13.5. The van der Waals surface area contributed by atoms with E-state index in [1.165, 1.54) is 12.1 Å². The summed E-state index contributed by atoms with van der Waals surface area (Å²) in [4.78, 5) is 11.1. The lowest BCUT2D eigenvalue weighted by Crippen LogP contribution is -1.99. The van der Waals surface area contributed by atoms with E-state index in [1.807, 2.05) is 0 Å². The van der Waals surface area contributed by atoms with Crippen molar-refractivity contribution < 1.29 is 14.3 Å². The van der Waals surface area contributed by atoms with Gasteiger partial charge in [0.25, 0.3) is 0 Å². The van der Waals surface area contributed by atoms with Crippen LogP contribution in [0.1, 0.15) is 15.9 Å². The van der Waals surface area contributed by atoms with Gasteiger partial charge in [0, 0.05) is 5.02 Å². The second-order valence-corrected chi connectivity index (χ2v) is 4.40. The molecule has 0 bridgehead atoms. The topological polar surface area (TPSA) is 37.3 Å². The van der Waals surface area contributed by atoms with Gasteiger partial charge in [-0.15, -0.1) is 0 Å². The van der Waals surface area contributed by atoms with Crippen molar-refractivity contribution in [2.24, 2.45) is 0 Å². The molecule has 18 heavy (non-hydrogen) atoms. The van der Waals surface area contributed by atoms with Gasteiger partial charge in [0.2, 0.25) is 0 Å². The lowest BCUT2D eigenvalue weighted by molar-refractivity contribution is 0.0697. The van der Waals surface area contributed by atoms with Gasteiger partial charge in [-0.05, 0) is 41.8 Å². The van der Waals surface area contributed by atoms with Crippen LogP contribution in [0.4, 0.5) is 4.39 Å². The maximum absolute atomic E-state index is 13.5. The first-order valence-electron chi connectivity index (χ1n) is 5.28. The van der Waals surface area contributed by atoms with Crippen LogP contribution < -0.4 is 0 Å². The van der Waals surface area contributed by atoms with E-state index in [0.29, 0.717) is 21.7 Å². The number of halogens is 2. The summed E-state index contributed by atoms with van der Waals surface area (Å²) in [6.07, 6.45) is 0. The highest BCUT2D eigenvalue weighted by molar-refractivity contribution is 6.31. The molecule has 0 aliphatic rings. The van der Waals surface area contributed by atoms with Gasteiger partial charge in [-0.3, -0.25) is 0 Å². The van der Waals surface area contributed by atoms with Crippen molar-refractivity contribution in [1.29, 1.82) is 0 Å². The van der Waals surface area contributed by atoms with E-state index in [4.69, 9.17) is 16.7 Å². The minimum Gasteiger partial charge on any atom is -0.478 e. The van der Waals surface area contributed by atoms with Crippen LogP contribution in [0.15, 0.2) is 36.4 Å². The molecule has 0 saturated carbocycles. The van der Waals surface area contributed by atoms with E-state index >= 15 is 0 Å². The number of benzene rings is 2. The summed E-state index contributed by atoms with van der Waals surface area (Å²) in [5, 5.41) is 9.46. The first-order valence-corrected chi connectivity index (χ1v) is 5.66. The summed E-state index contributed by atoms with van der Waals surface area (Å²) in [6.45, 7) is 1.65. The number of aromatic carboxylic acids is 1. The van der Waals surface area contributed by atoms with Crippen molar-refractivity contribution in [3.05, 3.63) is 58.4 Å². The number of carboxylic acid groups (broad SMARTS) is 1. The minimum atomic E-state index is -1.09. The molecular formula is C14H10ClFO2. The fourth-order valence-electron chi connectivity index (χ4n) is 1.71. The molecule has 2 rings (SSSR count). The molecule has 2 aromatic rings. The van der Waals surface area contributed by atoms with E-state index < -0.39 is 5.97 Å². The van der Waals surface area contributed by atoms with Crippen LogP contribution in [-0.4, -0.2) is 11.1 Å². The van der Waals surface area contributed by atoms with Crippen LogP contribution in [0, 0.1) is 12.7 Å². The van der Waals surface area contributed by atoms with Gasteiger partial charge >= 0.3 is 5.97 Å². The van der Waals surface area contributed by atoms with Gasteiger partial charge in [0.15, 0.2) is 0 Å². The number of hydrogen-bond acceptors (Lipinski definition) is 1. The standard InChI is InChI=1S/C14H10ClFO2/c1-8-2-3-9(6-13(8)16)11-5-4-10(15)7-12(11)14(17)18/h2-7H,1H3,(H,17,18). The van der Waals surface area contributed by atoms with E-state index in [2.05, 4.69) is 0 Å². The Kier molecular flexibility index (Phi) is 3.34. The highest BCUT2D eigenvalue weighted by Crippen LogP contribution is 2.27. The molecule has 0 atom stereocenters. The number of aryl methyl sites for hydroxylation is 1. The Morgan fingerprint density at radius 2 is 1.94 bits per heavy atom. The van der Waals surface area contributed by atoms with Crippen LogP contribution in [-0.2, 0) is 0 Å². The Morgan fingerprint density at radius 1 is 1.22 bits per heavy atom. The highest BCUT2D eigenvalue weighted by atomic mass is 35.5. The van der Waals surface area contributed by atoms with Crippen LogP contribution in [0.3, 0.4) is 0 Å². The average Bonchev–Trinajstić information content (AvgIpc) is 2.32. The first-order chi connectivity index (χ1) is 8.49. The Morgan fingerprint density at radius 3 is 2.56 bits per heavy atom. The largest absolute Gasteiger partial charge is 0.478 e. The van der Waals surface area contributed by atoms with Crippen LogP contribution in [0.2, 0.25) is 5.02 Å². The Hall–Kier alpha value is -1.87. The molecule has 0 aliphatic heterocycles. The molecule has 2 nitrogen and oxygen atoms in total. The van der Waals surface area contributed by atoms with Gasteiger partial charge < -0.3 is 5.11 Å². The maximum Gasteiger partial charge on any atom is 0.336 e. The second kappa shape index (κ2) is 4.78. The third-order valence-electron chi connectivity index (χ3n) is 2.69. The number of carboxylic acids is 1. The molecule has 4 heteroatoms. The monoisotopic (exact) mass is 264 g/mol. The normalized spacial score (nSPS) is 10.4. The number of carbonyl (C=O) groups is 1. The summed E-state index contributed by atoms with van der Waals surface area (Å²) in [5.74, 6) is -1.45. The summed E-state index contributed by atoms with van der Waals surface area (Å²) >= 11 is 5.77. The van der Waals surface area contributed by atoms with E-state index in [-0.39, 0.29) is 11.4 Å². The molecule has 0 spiro atoms. The van der Waals surface area contributed by atoms with Gasteiger partial charge in [0.1, 0.15) is 5.82 Å². The first kappa shape index (κ1) is 12.6. The van der Waals surface area contributed by atoms with Crippen molar-refractivity contribution in [2.45, 2.75) is 6.92 Å². The lowest BCUT2D eigenvalue weighted by Gasteiger charge is -2.08. The zero-order valence-electron chi connectivity index (χ0n) is 9.58. The lowest BCUT2D eigenvalue weighted by atomic mass is 9.98. The smallest absolute Gasteiger partial charge is 0.336 e. The molecule has 0 fully saturated rings. The quantitative estimate of drug-likeness (QED) is 0.885. The van der Waals surface area contributed by atoms with E-state index in [0.717, 1.165) is 0 Å². The number of rotatable bonds is 2. The fourth-order valence-corrected chi connectivity index (χ4v) is 1.88. The third kappa shape index (κ3) is 2.36. The van der Waals surface area contributed by atoms with Crippen molar-refractivity contribution in [3.8, 4) is 11.1 Å². The molecule has 0 saturated heterocycles. The molecular weight excluding hydrogens is 255 g/mol. The molecule has 0 aromatic heterocycles. The van der Waals surface area contributed by atoms with Crippen molar-refractivity contribution in [3.63, 3.8) is 0 Å². The third-order valence-corrected chi connectivity index (χ3v) is 2.93. The van der Waals surface area contributed by atoms with Crippen molar-refractivity contribution >= 4 is 17.6 Å². The molecule has 0 unspecified atom stereocenters. The molecule has 0 heterocycles. The summed E-state index contributed by atoms with van der Waals surface area (Å²) < 4.78 is 13.5. The predicted octanol–water partition coefficient (Wildman–Crippen LogP) is 4.15. The SMILES string of the molecule is Cc1ccc(-c2ccc(Cl)cc2C(=O)O)cc1F. The molecule has 92 valence electrons. The van der Waals surface area contributed by atoms with Gasteiger partial charge in [-0.25, -0.2) is 9.18 Å². The van der Waals surface area contributed by atoms with Gasteiger partial charge in [0.05, 0.1) is 5.56 Å². The Bertz CT molecular complexity index is 623. The van der Waals surface area contributed by atoms with Gasteiger partial charge in [-0.2, -0.15) is 0 Å². The Balaban J connectivity index is 2.63. The van der Waals surface area contributed by atoms with Gasteiger partial charge in [-0.1, -0.05) is 29.8 Å². The average molecular weight is 265 g/mol. The van der Waals surface area contributed by atoms with E-state index in [9.17, 15) is 9.18 Å². The van der Waals surface area contributed by atoms with Crippen molar-refractivity contribution in [2.75, 3.05) is 0 Å². The highest BCUT2D eigenvalue weighted by Gasteiger charge is 2.13. The molecule has 0 aliphatic carbocycles. The molecule has 0 radical (unpaired) electrons. The summed E-state index contributed by atoms with van der Waals surface area (Å²) in [7, 11) is 0. The summed E-state index contributed by atoms with van der Waals surface area (Å²) in [5.41, 5.74) is 1.55. The zero-order valence-corrected chi connectivity index (χ0v) is 10.3. The molecule has 1 N–H and O–H groups in total. The molecule has 2 aromatic carbocycles. The predicted molar refractivity (Wildman–Crippen MR) is 68.5 cm³/mol. The van der Waals surface area contributed by atoms with E-state index in [1.54, 1.807) is 31.2 Å². The van der Waals surface area contributed by atoms with Crippen LogP contribution in [0.5, 0.6) is 0 Å². The summed E-state index contributed by atoms with van der Waals surface area (Å²) in [6, 6.07) is 9.15. The zero-order chi connectivity index (χ0) is 13.3. The van der Waals surface area contributed by atoms with Crippen LogP contribution >= 0.6 is 11.6 Å². The second-order valence-electron chi connectivity index (χ2n) is 3.96. The fraction of sp³-hybridized carbons (Fsp3) is 0.0714. The van der Waals surface area contributed by atoms with Crippen molar-refractivity contribution in [1.82, 2.24) is 0 Å². The van der Waals surface area contributed by atoms with Crippen LogP contribution in [0.25, 0.3) is 11.1 Å². The number of hydrogen-bond donors (Lipinski definition) is 1.